The third-order valence-electron chi connectivity index (χ3n) is 3.49. The zero-order valence-electron chi connectivity index (χ0n) is 13.4. The van der Waals surface area contributed by atoms with Gasteiger partial charge in [-0.2, -0.15) is 0 Å². The lowest BCUT2D eigenvalue weighted by Gasteiger charge is -2.07. The zero-order valence-corrected chi connectivity index (χ0v) is 14.9. The van der Waals surface area contributed by atoms with Crippen LogP contribution in [0, 0.1) is 0 Å². The van der Waals surface area contributed by atoms with Gasteiger partial charge >= 0.3 is 5.97 Å². The van der Waals surface area contributed by atoms with Crippen LogP contribution in [0.3, 0.4) is 0 Å². The number of carbonyl (C=O) groups is 1. The lowest BCUT2D eigenvalue weighted by atomic mass is 10.1. The van der Waals surface area contributed by atoms with Crippen LogP contribution in [0.4, 0.5) is 0 Å². The number of ether oxygens (including phenoxy) is 3. The van der Waals surface area contributed by atoms with E-state index >= 15 is 0 Å². The predicted octanol–water partition coefficient (Wildman–Crippen LogP) is 4.36. The molecule has 2 aromatic rings. The molecule has 0 fully saturated rings. The van der Waals surface area contributed by atoms with Gasteiger partial charge in [-0.25, -0.2) is 9.79 Å². The Morgan fingerprint density at radius 3 is 2.48 bits per heavy atom. The van der Waals surface area contributed by atoms with Gasteiger partial charge < -0.3 is 14.2 Å². The molecule has 0 spiro atoms. The van der Waals surface area contributed by atoms with Gasteiger partial charge in [0.15, 0.2) is 17.2 Å². The summed E-state index contributed by atoms with van der Waals surface area (Å²) in [5, 5.41) is 0.839. The Hall–Kier alpha value is -2.50. The van der Waals surface area contributed by atoms with Crippen molar-refractivity contribution >= 4 is 41.1 Å². The molecule has 0 atom stereocenters. The molecule has 0 aromatic heterocycles. The molecular formula is C18H13Cl2NO4. The number of nitrogens with zero attached hydrogens (tertiary/aromatic N) is 1. The molecule has 0 aliphatic carbocycles. The van der Waals surface area contributed by atoms with E-state index in [9.17, 15) is 4.79 Å². The van der Waals surface area contributed by atoms with E-state index in [0.29, 0.717) is 27.1 Å². The fraction of sp³-hybridized carbons (Fsp3) is 0.111. The minimum absolute atomic E-state index is 0.137. The Balaban J connectivity index is 1.96. The summed E-state index contributed by atoms with van der Waals surface area (Å²) in [6, 6.07) is 10.1. The van der Waals surface area contributed by atoms with E-state index in [1.165, 1.54) is 7.11 Å². The van der Waals surface area contributed by atoms with E-state index in [4.69, 9.17) is 37.4 Å². The molecule has 3 rings (SSSR count). The van der Waals surface area contributed by atoms with E-state index in [2.05, 4.69) is 4.99 Å². The van der Waals surface area contributed by atoms with Gasteiger partial charge in [-0.05, 0) is 42.0 Å². The first kappa shape index (κ1) is 17.3. The molecule has 5 nitrogen and oxygen atoms in total. The summed E-state index contributed by atoms with van der Waals surface area (Å²) in [5.41, 5.74) is 1.38. The molecule has 1 heterocycles. The average molecular weight is 378 g/mol. The number of hydrogen-bond acceptors (Lipinski definition) is 5. The van der Waals surface area contributed by atoms with Gasteiger partial charge in [0.05, 0.1) is 24.8 Å². The molecule has 0 bridgehead atoms. The first-order chi connectivity index (χ1) is 12.0. The number of aliphatic imine (C=N–C) groups is 1. The summed E-state index contributed by atoms with van der Waals surface area (Å²) in [4.78, 5) is 16.3. The van der Waals surface area contributed by atoms with Gasteiger partial charge in [0, 0.05) is 5.02 Å². The fourth-order valence-electron chi connectivity index (χ4n) is 2.29. The Morgan fingerprint density at radius 2 is 1.80 bits per heavy atom. The van der Waals surface area contributed by atoms with Crippen LogP contribution in [0.25, 0.3) is 6.08 Å². The van der Waals surface area contributed by atoms with Crippen LogP contribution in [0.1, 0.15) is 11.1 Å². The number of hydrogen-bond donors (Lipinski definition) is 0. The molecule has 2 aromatic carbocycles. The Morgan fingerprint density at radius 1 is 1.04 bits per heavy atom. The van der Waals surface area contributed by atoms with Gasteiger partial charge in [-0.3, -0.25) is 0 Å². The Kier molecular flexibility index (Phi) is 4.97. The number of rotatable bonds is 4. The van der Waals surface area contributed by atoms with Crippen molar-refractivity contribution in [2.24, 2.45) is 4.99 Å². The number of methoxy groups -OCH3 is 2. The zero-order chi connectivity index (χ0) is 18.0. The molecule has 1 aliphatic heterocycles. The largest absolute Gasteiger partial charge is 0.493 e. The van der Waals surface area contributed by atoms with Gasteiger partial charge in [-0.1, -0.05) is 29.3 Å². The molecule has 0 saturated heterocycles. The molecule has 0 amide bonds. The van der Waals surface area contributed by atoms with Crippen LogP contribution in [0.2, 0.25) is 10.0 Å². The van der Waals surface area contributed by atoms with Crippen molar-refractivity contribution in [3.8, 4) is 11.5 Å². The first-order valence-corrected chi connectivity index (χ1v) is 7.97. The summed E-state index contributed by atoms with van der Waals surface area (Å²) in [6.45, 7) is 0. The summed E-state index contributed by atoms with van der Waals surface area (Å²) in [6.07, 6.45) is 1.60. The lowest BCUT2D eigenvalue weighted by Crippen LogP contribution is -2.05. The second-order valence-electron chi connectivity index (χ2n) is 5.07. The van der Waals surface area contributed by atoms with Crippen molar-refractivity contribution in [3.05, 3.63) is 63.3 Å². The fourth-order valence-corrected chi connectivity index (χ4v) is 2.78. The highest BCUT2D eigenvalue weighted by atomic mass is 35.5. The number of benzene rings is 2. The normalized spacial score (nSPS) is 15.1. The van der Waals surface area contributed by atoms with Crippen LogP contribution in [0.5, 0.6) is 11.5 Å². The second kappa shape index (κ2) is 7.17. The maximum Gasteiger partial charge on any atom is 0.363 e. The number of cyclic esters (lactones) is 1. The van der Waals surface area contributed by atoms with Crippen molar-refractivity contribution in [2.45, 2.75) is 0 Å². The second-order valence-corrected chi connectivity index (χ2v) is 5.92. The van der Waals surface area contributed by atoms with Crippen molar-refractivity contribution in [1.82, 2.24) is 0 Å². The number of esters is 1. The molecule has 25 heavy (non-hydrogen) atoms. The van der Waals surface area contributed by atoms with Crippen LogP contribution < -0.4 is 9.47 Å². The topological polar surface area (TPSA) is 57.1 Å². The Bertz CT molecular complexity index is 906. The molecule has 0 N–H and O–H groups in total. The summed E-state index contributed by atoms with van der Waals surface area (Å²) in [5.74, 6) is 0.721. The molecule has 7 heteroatoms. The van der Waals surface area contributed by atoms with E-state index in [1.807, 2.05) is 0 Å². The van der Waals surface area contributed by atoms with Crippen LogP contribution in [-0.2, 0) is 9.53 Å². The third kappa shape index (κ3) is 3.62. The first-order valence-electron chi connectivity index (χ1n) is 7.22. The van der Waals surface area contributed by atoms with Gasteiger partial charge in [-0.15, -0.1) is 0 Å². The standard InChI is InChI=1S/C18H13Cl2NO4/c1-23-15-6-3-10(8-16(15)24-2)7-14-18(22)25-17(21-14)12-5-4-11(19)9-13(12)20/h3-9H,1-2H3/b14-7+. The minimum atomic E-state index is -0.559. The highest BCUT2D eigenvalue weighted by Crippen LogP contribution is 2.30. The maximum absolute atomic E-state index is 12.1. The summed E-state index contributed by atoms with van der Waals surface area (Å²) >= 11 is 12.0. The van der Waals surface area contributed by atoms with Crippen molar-refractivity contribution in [2.75, 3.05) is 14.2 Å². The van der Waals surface area contributed by atoms with Crippen LogP contribution >= 0.6 is 23.2 Å². The summed E-state index contributed by atoms with van der Waals surface area (Å²) < 4.78 is 15.7. The third-order valence-corrected chi connectivity index (χ3v) is 4.04. The van der Waals surface area contributed by atoms with Crippen molar-refractivity contribution < 1.29 is 19.0 Å². The predicted molar refractivity (Wildman–Crippen MR) is 96.6 cm³/mol. The molecule has 128 valence electrons. The van der Waals surface area contributed by atoms with E-state index in [1.54, 1.807) is 49.6 Å². The smallest absolute Gasteiger partial charge is 0.363 e. The quantitative estimate of drug-likeness (QED) is 0.586. The highest BCUT2D eigenvalue weighted by molar-refractivity contribution is 6.37. The number of halogens is 2. The van der Waals surface area contributed by atoms with Crippen molar-refractivity contribution in [1.29, 1.82) is 0 Å². The monoisotopic (exact) mass is 377 g/mol. The van der Waals surface area contributed by atoms with Crippen LogP contribution in [0.15, 0.2) is 47.1 Å². The maximum atomic E-state index is 12.1. The van der Waals surface area contributed by atoms with Crippen LogP contribution in [-0.4, -0.2) is 26.1 Å². The molecule has 0 radical (unpaired) electrons. The van der Waals surface area contributed by atoms with Crippen molar-refractivity contribution in [3.63, 3.8) is 0 Å². The van der Waals surface area contributed by atoms with Gasteiger partial charge in [0.2, 0.25) is 5.90 Å². The molecule has 1 aliphatic rings. The van der Waals surface area contributed by atoms with E-state index in [0.717, 1.165) is 5.56 Å². The SMILES string of the molecule is COc1ccc(/C=C2/N=C(c3ccc(Cl)cc3Cl)OC2=O)cc1OC. The van der Waals surface area contributed by atoms with Gasteiger partial charge in [0.1, 0.15) is 0 Å². The Labute approximate surface area is 154 Å². The molecule has 0 unspecified atom stereocenters. The summed E-state index contributed by atoms with van der Waals surface area (Å²) in [7, 11) is 3.09. The van der Waals surface area contributed by atoms with E-state index in [-0.39, 0.29) is 11.6 Å². The number of carbonyl (C=O) groups excluding carboxylic acids is 1. The highest BCUT2D eigenvalue weighted by Gasteiger charge is 2.25. The lowest BCUT2D eigenvalue weighted by molar-refractivity contribution is -0.129. The van der Waals surface area contributed by atoms with E-state index < -0.39 is 5.97 Å². The molecular weight excluding hydrogens is 365 g/mol. The minimum Gasteiger partial charge on any atom is -0.493 e. The molecule has 0 saturated carbocycles. The van der Waals surface area contributed by atoms with Gasteiger partial charge in [0.25, 0.3) is 0 Å². The average Bonchev–Trinajstić information content (AvgIpc) is 2.95.